The molecule has 0 saturated carbocycles. The third-order valence-electron chi connectivity index (χ3n) is 4.23. The zero-order valence-electron chi connectivity index (χ0n) is 11.6. The number of rotatable bonds is 5. The summed E-state index contributed by atoms with van der Waals surface area (Å²) < 4.78 is 0. The molecule has 0 radical (unpaired) electrons. The number of carbonyl (C=O) groups is 1. The summed E-state index contributed by atoms with van der Waals surface area (Å²) in [4.78, 5) is 13.8. The number of carboxylic acids is 1. The lowest BCUT2D eigenvalue weighted by Gasteiger charge is -2.33. The lowest BCUT2D eigenvalue weighted by atomic mass is 9.92. The lowest BCUT2D eigenvalue weighted by molar-refractivity contribution is -0.139. The molecule has 1 heterocycles. The van der Waals surface area contributed by atoms with E-state index >= 15 is 0 Å². The Morgan fingerprint density at radius 3 is 2.47 bits per heavy atom. The second kappa shape index (κ2) is 6.71. The minimum atomic E-state index is -0.719. The fourth-order valence-corrected chi connectivity index (χ4v) is 2.85. The van der Waals surface area contributed by atoms with Gasteiger partial charge in [0.2, 0.25) is 0 Å². The van der Waals surface area contributed by atoms with E-state index in [0.29, 0.717) is 6.54 Å². The van der Waals surface area contributed by atoms with Gasteiger partial charge in [0.1, 0.15) is 0 Å². The monoisotopic (exact) mass is 261 g/mol. The molecule has 1 aliphatic rings. The molecule has 1 aromatic rings. The summed E-state index contributed by atoms with van der Waals surface area (Å²) in [5.41, 5.74) is 0.910. The number of hydrogen-bond donors (Lipinski definition) is 1. The lowest BCUT2D eigenvalue weighted by Crippen LogP contribution is -2.38. The molecule has 1 saturated heterocycles. The average molecular weight is 261 g/mol. The molecule has 1 N–H and O–H groups in total. The molecule has 0 aromatic heterocycles. The fourth-order valence-electron chi connectivity index (χ4n) is 2.85. The Balaban J connectivity index is 1.97. The number of likely N-dealkylation sites (tertiary alicyclic amines) is 1. The molecule has 1 aliphatic heterocycles. The van der Waals surface area contributed by atoms with Gasteiger partial charge >= 0.3 is 5.97 Å². The quantitative estimate of drug-likeness (QED) is 0.886. The van der Waals surface area contributed by atoms with Crippen molar-refractivity contribution in [1.29, 1.82) is 0 Å². The maximum atomic E-state index is 11.5. The summed E-state index contributed by atoms with van der Waals surface area (Å²) in [6.45, 7) is 4.95. The van der Waals surface area contributed by atoms with E-state index in [4.69, 9.17) is 0 Å². The Labute approximate surface area is 115 Å². The van der Waals surface area contributed by atoms with E-state index in [1.807, 2.05) is 30.3 Å². The van der Waals surface area contributed by atoms with E-state index in [2.05, 4.69) is 11.8 Å². The van der Waals surface area contributed by atoms with Crippen LogP contribution in [0, 0.1) is 5.92 Å². The van der Waals surface area contributed by atoms with E-state index in [9.17, 15) is 9.90 Å². The van der Waals surface area contributed by atoms with E-state index in [1.54, 1.807) is 0 Å². The Hall–Kier alpha value is -1.35. The first kappa shape index (κ1) is 14.1. The fraction of sp³-hybridized carbons (Fsp3) is 0.562. The topological polar surface area (TPSA) is 40.5 Å². The van der Waals surface area contributed by atoms with Crippen molar-refractivity contribution in [3.63, 3.8) is 0 Å². The van der Waals surface area contributed by atoms with Gasteiger partial charge in [-0.1, -0.05) is 43.7 Å². The van der Waals surface area contributed by atoms with Gasteiger partial charge in [-0.2, -0.15) is 0 Å². The first-order valence-electron chi connectivity index (χ1n) is 7.20. The minimum absolute atomic E-state index is 0.403. The highest BCUT2D eigenvalue weighted by Crippen LogP contribution is 2.23. The van der Waals surface area contributed by atoms with Crippen LogP contribution in [0.25, 0.3) is 0 Å². The Kier molecular flexibility index (Phi) is 4.97. The van der Waals surface area contributed by atoms with Gasteiger partial charge in [-0.3, -0.25) is 4.79 Å². The van der Waals surface area contributed by atoms with Crippen LogP contribution in [-0.4, -0.2) is 35.6 Å². The summed E-state index contributed by atoms with van der Waals surface area (Å²) in [5.74, 6) is -0.292. The molecule has 0 amide bonds. The second-order valence-corrected chi connectivity index (χ2v) is 5.45. The molecule has 3 heteroatoms. The highest BCUT2D eigenvalue weighted by Gasteiger charge is 2.25. The Morgan fingerprint density at radius 1 is 1.32 bits per heavy atom. The molecule has 19 heavy (non-hydrogen) atoms. The molecule has 0 aliphatic carbocycles. The molecule has 1 atom stereocenters. The van der Waals surface area contributed by atoms with Crippen molar-refractivity contribution in [2.24, 2.45) is 5.92 Å². The van der Waals surface area contributed by atoms with Crippen molar-refractivity contribution in [3.05, 3.63) is 35.9 Å². The molecule has 1 aromatic carbocycles. The predicted molar refractivity (Wildman–Crippen MR) is 76.3 cm³/mol. The molecule has 0 spiro atoms. The summed E-state index contributed by atoms with van der Waals surface area (Å²) >= 11 is 0. The summed E-state index contributed by atoms with van der Waals surface area (Å²) in [7, 11) is 0. The number of hydrogen-bond acceptors (Lipinski definition) is 2. The Morgan fingerprint density at radius 2 is 1.95 bits per heavy atom. The normalized spacial score (nSPS) is 19.2. The van der Waals surface area contributed by atoms with Crippen LogP contribution in [0.5, 0.6) is 0 Å². The van der Waals surface area contributed by atoms with Gasteiger partial charge in [-0.05, 0) is 37.4 Å². The van der Waals surface area contributed by atoms with Crippen molar-refractivity contribution in [2.75, 3.05) is 19.6 Å². The highest BCUT2D eigenvalue weighted by atomic mass is 16.4. The van der Waals surface area contributed by atoms with Crippen LogP contribution in [0.4, 0.5) is 0 Å². The maximum absolute atomic E-state index is 11.5. The number of benzene rings is 1. The summed E-state index contributed by atoms with van der Waals surface area (Å²) in [6.07, 6.45) is 3.66. The van der Waals surface area contributed by atoms with Crippen LogP contribution in [-0.2, 0) is 4.79 Å². The van der Waals surface area contributed by atoms with Crippen LogP contribution in [0.15, 0.2) is 30.3 Å². The van der Waals surface area contributed by atoms with Crippen LogP contribution >= 0.6 is 0 Å². The van der Waals surface area contributed by atoms with E-state index in [1.165, 1.54) is 19.3 Å². The van der Waals surface area contributed by atoms with Crippen molar-refractivity contribution >= 4 is 5.97 Å². The van der Waals surface area contributed by atoms with Gasteiger partial charge in [0.15, 0.2) is 0 Å². The zero-order chi connectivity index (χ0) is 13.7. The van der Waals surface area contributed by atoms with E-state index in [-0.39, 0.29) is 0 Å². The third kappa shape index (κ3) is 3.80. The smallest absolute Gasteiger partial charge is 0.312 e. The molecule has 0 bridgehead atoms. The molecular formula is C16H23NO2. The Bertz CT molecular complexity index is 396. The van der Waals surface area contributed by atoms with Crippen LogP contribution in [0.3, 0.4) is 0 Å². The third-order valence-corrected chi connectivity index (χ3v) is 4.23. The molecule has 104 valence electrons. The highest BCUT2D eigenvalue weighted by molar-refractivity contribution is 5.76. The largest absolute Gasteiger partial charge is 0.481 e. The number of aliphatic carboxylic acids is 1. The van der Waals surface area contributed by atoms with Crippen LogP contribution in [0.2, 0.25) is 0 Å². The zero-order valence-corrected chi connectivity index (χ0v) is 11.6. The first-order valence-corrected chi connectivity index (χ1v) is 7.20. The molecule has 1 unspecified atom stereocenters. The van der Waals surface area contributed by atoms with Crippen LogP contribution < -0.4 is 0 Å². The molecule has 3 nitrogen and oxygen atoms in total. The number of piperidine rings is 1. The van der Waals surface area contributed by atoms with Crippen molar-refractivity contribution in [3.8, 4) is 0 Å². The molecular weight excluding hydrogens is 238 g/mol. The van der Waals surface area contributed by atoms with E-state index in [0.717, 1.165) is 24.6 Å². The van der Waals surface area contributed by atoms with Gasteiger partial charge in [0.25, 0.3) is 0 Å². The van der Waals surface area contributed by atoms with Crippen LogP contribution in [0.1, 0.15) is 37.7 Å². The first-order chi connectivity index (χ1) is 9.20. The van der Waals surface area contributed by atoms with Crippen molar-refractivity contribution < 1.29 is 9.90 Å². The van der Waals surface area contributed by atoms with Crippen molar-refractivity contribution in [2.45, 2.75) is 32.1 Å². The van der Waals surface area contributed by atoms with Gasteiger partial charge in [0.05, 0.1) is 5.92 Å². The maximum Gasteiger partial charge on any atom is 0.312 e. The summed E-state index contributed by atoms with van der Waals surface area (Å²) in [5, 5.41) is 9.43. The van der Waals surface area contributed by atoms with E-state index < -0.39 is 11.9 Å². The number of carboxylic acid groups (broad SMARTS) is 1. The SMILES string of the molecule is CCC1CCN(CC(C(=O)O)c2ccccc2)CC1. The van der Waals surface area contributed by atoms with Gasteiger partial charge in [0, 0.05) is 6.54 Å². The summed E-state index contributed by atoms with van der Waals surface area (Å²) in [6, 6.07) is 9.58. The standard InChI is InChI=1S/C16H23NO2/c1-2-13-8-10-17(11-9-13)12-15(16(18)19)14-6-4-3-5-7-14/h3-7,13,15H,2,8-12H2,1H3,(H,18,19). The molecule has 2 rings (SSSR count). The van der Waals surface area contributed by atoms with Crippen molar-refractivity contribution in [1.82, 2.24) is 4.90 Å². The minimum Gasteiger partial charge on any atom is -0.481 e. The predicted octanol–water partition coefficient (Wildman–Crippen LogP) is 2.98. The number of nitrogens with zero attached hydrogens (tertiary/aromatic N) is 1. The van der Waals surface area contributed by atoms with Gasteiger partial charge in [-0.25, -0.2) is 0 Å². The average Bonchev–Trinajstić information content (AvgIpc) is 2.46. The van der Waals surface area contributed by atoms with Gasteiger partial charge in [-0.15, -0.1) is 0 Å². The second-order valence-electron chi connectivity index (χ2n) is 5.45. The molecule has 1 fully saturated rings. The van der Waals surface area contributed by atoms with Gasteiger partial charge < -0.3 is 10.0 Å².